The first-order chi connectivity index (χ1) is 23.4. The van der Waals surface area contributed by atoms with Gasteiger partial charge in [-0.2, -0.15) is 27.0 Å². The second-order valence-electron chi connectivity index (χ2n) is 15.5. The predicted molar refractivity (Wildman–Crippen MR) is 228 cm³/mol. The number of Topliss-reactive ketones (excluding diaryl/α,β-unsaturated/α-hetero) is 1. The molecule has 5 amide bonds. The van der Waals surface area contributed by atoms with Gasteiger partial charge in [0.25, 0.3) is 11.8 Å². The van der Waals surface area contributed by atoms with Crippen LogP contribution in [0.1, 0.15) is 145 Å². The minimum absolute atomic E-state index is 0. The number of nitrogens with zero attached hydrogens (tertiary/aromatic N) is 3. The normalized spacial score (nSPS) is 21.6. The Morgan fingerprint density at radius 3 is 2.05 bits per heavy atom. The van der Waals surface area contributed by atoms with Crippen molar-refractivity contribution in [1.82, 2.24) is 36.1 Å². The molecule has 4 N–H and O–H groups in total. The summed E-state index contributed by atoms with van der Waals surface area (Å²) in [6.07, 6.45) is 13.9. The van der Waals surface area contributed by atoms with Crippen molar-refractivity contribution in [3.63, 3.8) is 0 Å². The van der Waals surface area contributed by atoms with E-state index in [2.05, 4.69) is 31.2 Å². The van der Waals surface area contributed by atoms with Gasteiger partial charge in [0, 0.05) is 25.0 Å². The van der Waals surface area contributed by atoms with Crippen molar-refractivity contribution in [1.29, 1.82) is 0 Å². The Bertz CT molecular complexity index is 1400. The molecule has 0 spiro atoms. The van der Waals surface area contributed by atoms with E-state index in [4.69, 9.17) is 0 Å². The van der Waals surface area contributed by atoms with Gasteiger partial charge in [-0.25, -0.2) is 4.98 Å². The molecule has 2 heterocycles. The highest BCUT2D eigenvalue weighted by Gasteiger charge is 2.52. The van der Waals surface area contributed by atoms with E-state index in [1.807, 2.05) is 27.7 Å². The van der Waals surface area contributed by atoms with Crippen molar-refractivity contribution < 1.29 is 28.8 Å². The van der Waals surface area contributed by atoms with E-state index < -0.39 is 59.0 Å². The van der Waals surface area contributed by atoms with E-state index in [1.165, 1.54) is 18.6 Å². The number of fused-ring (bicyclic) bond motifs is 1. The van der Waals surface area contributed by atoms with Gasteiger partial charge in [0.15, 0.2) is 0 Å². The van der Waals surface area contributed by atoms with Crippen molar-refractivity contribution in [2.45, 2.75) is 165 Å². The van der Waals surface area contributed by atoms with E-state index in [9.17, 15) is 28.8 Å². The average Bonchev–Trinajstić information content (AvgIpc) is 3.65. The number of carbonyl (C=O) groups excluding carboxylic acids is 6. The zero-order valence-corrected chi connectivity index (χ0v) is 32.3. The molecular formula is C40H73N7O6S2. The molecule has 15 heteroatoms. The third kappa shape index (κ3) is 13.5. The molecule has 1 aliphatic heterocycles. The van der Waals surface area contributed by atoms with E-state index in [1.54, 1.807) is 4.90 Å². The first-order valence-corrected chi connectivity index (χ1v) is 18.2. The van der Waals surface area contributed by atoms with Crippen molar-refractivity contribution in [2.24, 2.45) is 23.2 Å². The van der Waals surface area contributed by atoms with Crippen LogP contribution < -0.4 is 21.3 Å². The van der Waals surface area contributed by atoms with Gasteiger partial charge in [-0.3, -0.25) is 33.8 Å². The zero-order valence-electron chi connectivity index (χ0n) is 30.3. The number of ketones is 1. The number of hydrogen-bond donors (Lipinski definition) is 4. The number of likely N-dealkylation sites (tertiary alicyclic amines) is 1. The molecule has 4 fully saturated rings. The molecule has 6 atom stereocenters. The summed E-state index contributed by atoms with van der Waals surface area (Å²) in [6, 6.07) is -3.68. The summed E-state index contributed by atoms with van der Waals surface area (Å²) in [5, 5.41) is 11.5. The molecule has 13 nitrogen and oxygen atoms in total. The number of aromatic nitrogens is 2. The van der Waals surface area contributed by atoms with Gasteiger partial charge >= 0.3 is 0 Å². The average molecular weight is 812 g/mol. The molecule has 1 aromatic heterocycles. The van der Waals surface area contributed by atoms with Crippen LogP contribution in [0.2, 0.25) is 0 Å². The zero-order chi connectivity index (χ0) is 35.3. The molecule has 1 aromatic rings. The number of nitrogens with one attached hydrogen (secondary N) is 4. The van der Waals surface area contributed by atoms with Gasteiger partial charge in [-0.15, -0.1) is 0 Å². The van der Waals surface area contributed by atoms with Gasteiger partial charge in [0.2, 0.25) is 23.5 Å². The Morgan fingerprint density at radius 1 is 0.836 bits per heavy atom. The maximum absolute atomic E-state index is 14.6. The van der Waals surface area contributed by atoms with Gasteiger partial charge in [0.1, 0.15) is 23.8 Å². The van der Waals surface area contributed by atoms with Crippen molar-refractivity contribution in [2.75, 3.05) is 6.54 Å². The monoisotopic (exact) mass is 812 g/mol. The number of amides is 5. The van der Waals surface area contributed by atoms with Crippen LogP contribution >= 0.6 is 27.0 Å². The standard InChI is InChI=1S/C36H53N7O6.4CH4.2H2S/c1-5-10-25(29(44)34(48)39-23-15-16-23)40-33(47)28-24-14-9-13-22(24)20-43(28)35(49)30(36(2,3)4)42-32(46)27(21-11-7-6-8-12-21)41-31(45)26-19-37-17-18-38-26;;;;;;/h17-19,21-25,27-28,30H,5-16,20H2,1-4H3,(H,39,48)(H,40,47)(H,41,45)(H,42,46);4*1H4;2*1H2/t22-,24+,25-,27+,28-,30-;;;;;;/m0....../s1. The highest BCUT2D eigenvalue weighted by Crippen LogP contribution is 2.43. The van der Waals surface area contributed by atoms with Crippen LogP contribution in [0.25, 0.3) is 0 Å². The smallest absolute Gasteiger partial charge is 0.289 e. The van der Waals surface area contributed by atoms with E-state index in [-0.39, 0.29) is 92.1 Å². The molecule has 0 unspecified atom stereocenters. The fraction of sp³-hybridized carbons (Fsp3) is 0.750. The number of rotatable bonds is 13. The fourth-order valence-electron chi connectivity index (χ4n) is 7.87. The minimum atomic E-state index is -0.994. The van der Waals surface area contributed by atoms with Crippen LogP contribution in [-0.2, 0) is 24.0 Å². The molecule has 3 saturated carbocycles. The Balaban J connectivity index is 0. The summed E-state index contributed by atoms with van der Waals surface area (Å²) in [7, 11) is 0. The maximum Gasteiger partial charge on any atom is 0.289 e. The molecule has 1 saturated heterocycles. The molecule has 0 aromatic carbocycles. The topological polar surface area (TPSA) is 180 Å². The Kier molecular flexibility index (Phi) is 23.3. The first kappa shape index (κ1) is 53.9. The molecule has 3 aliphatic carbocycles. The molecular weight excluding hydrogens is 739 g/mol. The summed E-state index contributed by atoms with van der Waals surface area (Å²) in [4.78, 5) is 91.4. The Labute approximate surface area is 344 Å². The van der Waals surface area contributed by atoms with E-state index >= 15 is 0 Å². The van der Waals surface area contributed by atoms with Crippen LogP contribution in [0.4, 0.5) is 0 Å². The lowest BCUT2D eigenvalue weighted by atomic mass is 9.82. The first-order valence-electron chi connectivity index (χ1n) is 18.2. The van der Waals surface area contributed by atoms with E-state index in [0.29, 0.717) is 19.4 Å². The maximum atomic E-state index is 14.6. The lowest BCUT2D eigenvalue weighted by Gasteiger charge is -2.38. The fourth-order valence-corrected chi connectivity index (χ4v) is 7.87. The van der Waals surface area contributed by atoms with Gasteiger partial charge in [0.05, 0.1) is 12.2 Å². The largest absolute Gasteiger partial charge is 0.347 e. The van der Waals surface area contributed by atoms with Crippen LogP contribution in [0, 0.1) is 23.2 Å². The third-order valence-electron chi connectivity index (χ3n) is 10.7. The molecule has 0 radical (unpaired) electrons. The quantitative estimate of drug-likeness (QED) is 0.196. The van der Waals surface area contributed by atoms with Crippen LogP contribution in [0.3, 0.4) is 0 Å². The van der Waals surface area contributed by atoms with Crippen LogP contribution in [0.5, 0.6) is 0 Å². The molecule has 316 valence electrons. The molecule has 55 heavy (non-hydrogen) atoms. The number of hydrogen-bond acceptors (Lipinski definition) is 8. The molecule has 5 rings (SSSR count). The summed E-state index contributed by atoms with van der Waals surface area (Å²) in [5.41, 5.74) is -0.638. The Morgan fingerprint density at radius 2 is 1.49 bits per heavy atom. The van der Waals surface area contributed by atoms with Crippen molar-refractivity contribution in [3.8, 4) is 0 Å². The van der Waals surface area contributed by atoms with Crippen molar-refractivity contribution >= 4 is 62.3 Å². The highest BCUT2D eigenvalue weighted by atomic mass is 32.1. The molecule has 0 bridgehead atoms. The summed E-state index contributed by atoms with van der Waals surface area (Å²) in [5.74, 6) is -3.20. The summed E-state index contributed by atoms with van der Waals surface area (Å²) in [6.45, 7) is 7.85. The van der Waals surface area contributed by atoms with Gasteiger partial charge < -0.3 is 26.2 Å². The highest BCUT2D eigenvalue weighted by molar-refractivity contribution is 7.59. The van der Waals surface area contributed by atoms with Crippen LogP contribution in [-0.4, -0.2) is 86.9 Å². The lowest BCUT2D eigenvalue weighted by Crippen LogP contribution is -2.62. The summed E-state index contributed by atoms with van der Waals surface area (Å²) < 4.78 is 0. The Hall–Kier alpha value is -3.20. The van der Waals surface area contributed by atoms with Crippen molar-refractivity contribution in [3.05, 3.63) is 24.3 Å². The van der Waals surface area contributed by atoms with E-state index in [0.717, 1.165) is 64.2 Å². The molecule has 4 aliphatic rings. The predicted octanol–water partition coefficient (Wildman–Crippen LogP) is 5.22. The number of carbonyl (C=O) groups is 6. The van der Waals surface area contributed by atoms with Gasteiger partial charge in [-0.1, -0.05) is 89.5 Å². The van der Waals surface area contributed by atoms with Gasteiger partial charge in [-0.05, 0) is 68.1 Å². The lowest BCUT2D eigenvalue weighted by molar-refractivity contribution is -0.146. The second kappa shape index (κ2) is 23.8. The second-order valence-corrected chi connectivity index (χ2v) is 15.5. The minimum Gasteiger partial charge on any atom is -0.347 e. The third-order valence-corrected chi connectivity index (χ3v) is 10.7. The summed E-state index contributed by atoms with van der Waals surface area (Å²) >= 11 is 0. The SMILES string of the molecule is C.C.C.C.CCC[C@H](NC(=O)[C@@H]1[C@@H]2CCC[C@H]2CN1C(=O)[C@H](NC(=O)[C@H](NC(=O)c1cnccn1)C1CCCCC1)C(C)(C)C)C(=O)C(=O)NC1CC1.S.S. The van der Waals surface area contributed by atoms with Crippen LogP contribution in [0.15, 0.2) is 18.6 Å².